The second kappa shape index (κ2) is 9.08. The summed E-state index contributed by atoms with van der Waals surface area (Å²) in [5, 5.41) is 20.4. The lowest BCUT2D eigenvalue weighted by molar-refractivity contribution is -0.141. The molecule has 0 spiro atoms. The van der Waals surface area contributed by atoms with Gasteiger partial charge in [0.2, 0.25) is 0 Å². The smallest absolute Gasteiger partial charge is 0.404 e. The van der Waals surface area contributed by atoms with Crippen molar-refractivity contribution in [2.45, 2.75) is 25.6 Å². The molecule has 0 radical (unpaired) electrons. The molecule has 12 heteroatoms. The van der Waals surface area contributed by atoms with Crippen molar-refractivity contribution in [1.29, 1.82) is 0 Å². The van der Waals surface area contributed by atoms with Crippen LogP contribution < -0.4 is 5.32 Å². The lowest BCUT2D eigenvalue weighted by atomic mass is 9.98. The van der Waals surface area contributed by atoms with Gasteiger partial charge < -0.3 is 15.3 Å². The van der Waals surface area contributed by atoms with Crippen LogP contribution >= 0.6 is 0 Å². The molecule has 1 aromatic carbocycles. The summed E-state index contributed by atoms with van der Waals surface area (Å²) in [6.45, 7) is 2.75. The van der Waals surface area contributed by atoms with E-state index in [0.717, 1.165) is 5.56 Å². The number of urea groups is 1. The number of benzene rings is 1. The van der Waals surface area contributed by atoms with Crippen molar-refractivity contribution in [2.75, 3.05) is 33.7 Å². The second-order valence-corrected chi connectivity index (χ2v) is 8.00. The van der Waals surface area contributed by atoms with Gasteiger partial charge in [-0.3, -0.25) is 9.85 Å². The Morgan fingerprint density at radius 2 is 2.00 bits per heavy atom. The summed E-state index contributed by atoms with van der Waals surface area (Å²) in [5.41, 5.74) is 2.04. The normalized spacial score (nSPS) is 19.1. The van der Waals surface area contributed by atoms with Crippen molar-refractivity contribution in [3.05, 3.63) is 53.3 Å². The monoisotopic (exact) mass is 457 g/mol. The van der Waals surface area contributed by atoms with Gasteiger partial charge in [0.05, 0.1) is 18.3 Å². The van der Waals surface area contributed by atoms with E-state index in [2.05, 4.69) is 10.4 Å². The first-order valence-corrected chi connectivity index (χ1v) is 10.6. The van der Waals surface area contributed by atoms with E-state index in [1.165, 1.54) is 19.7 Å². The van der Waals surface area contributed by atoms with Crippen LogP contribution in [0.4, 0.5) is 14.4 Å². The van der Waals surface area contributed by atoms with E-state index in [4.69, 9.17) is 9.94 Å². The van der Waals surface area contributed by atoms with Gasteiger partial charge in [-0.2, -0.15) is 14.8 Å². The Balaban J connectivity index is 1.65. The van der Waals surface area contributed by atoms with Gasteiger partial charge in [-0.1, -0.05) is 30.3 Å². The third-order valence-corrected chi connectivity index (χ3v) is 5.77. The zero-order valence-corrected chi connectivity index (χ0v) is 18.7. The van der Waals surface area contributed by atoms with Gasteiger partial charge in [0.15, 0.2) is 0 Å². The number of nitrogens with zero attached hydrogens (tertiary/aromatic N) is 6. The Bertz CT molecular complexity index is 1040. The van der Waals surface area contributed by atoms with E-state index in [0.29, 0.717) is 24.3 Å². The number of hydrazine groups is 1. The first-order valence-electron chi connectivity index (χ1n) is 10.6. The molecule has 2 aliphatic heterocycles. The first kappa shape index (κ1) is 22.6. The molecule has 12 nitrogen and oxygen atoms in total. The fourth-order valence-corrected chi connectivity index (χ4v) is 4.21. The maximum absolute atomic E-state index is 13.1. The average Bonchev–Trinajstić information content (AvgIpc) is 3.35. The van der Waals surface area contributed by atoms with Crippen molar-refractivity contribution in [3.8, 4) is 0 Å². The van der Waals surface area contributed by atoms with Gasteiger partial charge in [0, 0.05) is 38.9 Å². The predicted octanol–water partition coefficient (Wildman–Crippen LogP) is 1.88. The van der Waals surface area contributed by atoms with Crippen molar-refractivity contribution in [3.63, 3.8) is 0 Å². The molecule has 3 heterocycles. The molecular formula is C21H27N7O5. The number of fused-ring (bicyclic) bond motifs is 4. The van der Waals surface area contributed by atoms with E-state index in [-0.39, 0.29) is 25.2 Å². The lowest BCUT2D eigenvalue weighted by Crippen LogP contribution is -2.44. The number of hydrogen-bond donors (Lipinski definition) is 2. The van der Waals surface area contributed by atoms with Crippen molar-refractivity contribution < 1.29 is 24.3 Å². The van der Waals surface area contributed by atoms with E-state index in [1.54, 1.807) is 25.3 Å². The van der Waals surface area contributed by atoms with Crippen LogP contribution in [0.2, 0.25) is 0 Å². The summed E-state index contributed by atoms with van der Waals surface area (Å²) in [5.74, 6) is 0. The highest BCUT2D eigenvalue weighted by Crippen LogP contribution is 2.43. The largest absolute Gasteiger partial charge is 0.465 e. The summed E-state index contributed by atoms with van der Waals surface area (Å²) in [6.07, 6.45) is 0.402. The van der Waals surface area contributed by atoms with Crippen LogP contribution in [-0.2, 0) is 11.4 Å². The van der Waals surface area contributed by atoms with Crippen LogP contribution in [0, 0.1) is 0 Å². The number of amides is 4. The van der Waals surface area contributed by atoms with Crippen LogP contribution in [0.1, 0.15) is 35.8 Å². The van der Waals surface area contributed by atoms with Crippen LogP contribution in [-0.4, -0.2) is 86.8 Å². The number of hydrogen-bond acceptors (Lipinski definition) is 6. The number of carbonyl (C=O) groups is 3. The molecular weight excluding hydrogens is 430 g/mol. The summed E-state index contributed by atoms with van der Waals surface area (Å²) >= 11 is 0. The van der Waals surface area contributed by atoms with Gasteiger partial charge in [0.1, 0.15) is 12.6 Å². The molecule has 0 aliphatic carbocycles. The summed E-state index contributed by atoms with van der Waals surface area (Å²) in [7, 11) is 3.52. The fraction of sp³-hybridized carbons (Fsp3) is 0.429. The third kappa shape index (κ3) is 4.22. The van der Waals surface area contributed by atoms with Gasteiger partial charge in [-0.25, -0.2) is 19.4 Å². The van der Waals surface area contributed by atoms with Gasteiger partial charge in [-0.05, 0) is 12.5 Å². The number of nitrogens with one attached hydrogen (secondary N) is 1. The molecule has 1 fully saturated rings. The van der Waals surface area contributed by atoms with E-state index in [9.17, 15) is 14.4 Å². The molecule has 4 amide bonds. The van der Waals surface area contributed by atoms with Crippen molar-refractivity contribution in [2.24, 2.45) is 0 Å². The Morgan fingerprint density at radius 1 is 1.27 bits per heavy atom. The van der Waals surface area contributed by atoms with Gasteiger partial charge in [0.25, 0.3) is 0 Å². The van der Waals surface area contributed by atoms with Crippen LogP contribution in [0.25, 0.3) is 0 Å². The summed E-state index contributed by atoms with van der Waals surface area (Å²) in [6, 6.07) is 7.62. The average molecular weight is 457 g/mol. The number of carbonyl (C=O) groups excluding carboxylic acids is 2. The minimum atomic E-state index is -1.21. The zero-order valence-electron chi connectivity index (χ0n) is 18.7. The van der Waals surface area contributed by atoms with Gasteiger partial charge in [-0.15, -0.1) is 0 Å². The molecule has 2 aliphatic rings. The van der Waals surface area contributed by atoms with Crippen molar-refractivity contribution in [1.82, 2.24) is 35.1 Å². The standard InChI is InChI=1S/C21H27N7O5/c1-4-27(24(2)3)21(32)26-11-15-17-12-25(16(18(15)23-26)10-22-19(29)30)20(31)28(17)33-13-14-8-6-5-7-9-14/h5-9,11,16-17,22H,4,10,12-13H2,1-3H3,(H,29,30). The van der Waals surface area contributed by atoms with Crippen LogP contribution in [0.15, 0.2) is 36.5 Å². The Morgan fingerprint density at radius 3 is 2.64 bits per heavy atom. The zero-order chi connectivity index (χ0) is 23.7. The molecule has 2 unspecified atom stereocenters. The number of carboxylic acid groups (broad SMARTS) is 1. The van der Waals surface area contributed by atoms with Crippen LogP contribution in [0.5, 0.6) is 0 Å². The fourth-order valence-electron chi connectivity index (χ4n) is 4.21. The minimum Gasteiger partial charge on any atom is -0.465 e. The van der Waals surface area contributed by atoms with E-state index < -0.39 is 18.2 Å². The van der Waals surface area contributed by atoms with Crippen LogP contribution in [0.3, 0.4) is 0 Å². The molecule has 2 atom stereocenters. The SMILES string of the molecule is CCN(C(=O)n1cc2c(n1)C(CNC(=O)O)N1CC2N(OCc2ccccc2)C1=O)N(C)C. The lowest BCUT2D eigenvalue weighted by Gasteiger charge is -2.29. The molecule has 4 rings (SSSR count). The number of hydroxylamine groups is 2. The Hall–Kier alpha value is -3.64. The minimum absolute atomic E-state index is 0.0519. The molecule has 0 saturated carbocycles. The van der Waals surface area contributed by atoms with Crippen molar-refractivity contribution >= 4 is 18.2 Å². The summed E-state index contributed by atoms with van der Waals surface area (Å²) < 4.78 is 1.24. The highest BCUT2D eigenvalue weighted by atomic mass is 16.7. The molecule has 2 aromatic rings. The first-order chi connectivity index (χ1) is 15.8. The highest BCUT2D eigenvalue weighted by Gasteiger charge is 2.50. The predicted molar refractivity (Wildman–Crippen MR) is 116 cm³/mol. The van der Waals surface area contributed by atoms with Gasteiger partial charge >= 0.3 is 18.2 Å². The quantitative estimate of drug-likeness (QED) is 0.609. The molecule has 2 N–H and O–H groups in total. The molecule has 1 saturated heterocycles. The molecule has 33 heavy (non-hydrogen) atoms. The maximum Gasteiger partial charge on any atom is 0.404 e. The highest BCUT2D eigenvalue weighted by molar-refractivity contribution is 5.79. The maximum atomic E-state index is 13.1. The number of aromatic nitrogens is 2. The molecule has 2 bridgehead atoms. The number of rotatable bonds is 7. The Labute approximate surface area is 190 Å². The topological polar surface area (TPSA) is 123 Å². The summed E-state index contributed by atoms with van der Waals surface area (Å²) in [4.78, 5) is 44.7. The van der Waals surface area contributed by atoms with E-state index in [1.807, 2.05) is 37.3 Å². The molecule has 1 aromatic heterocycles. The third-order valence-electron chi connectivity index (χ3n) is 5.77. The Kier molecular flexibility index (Phi) is 6.20. The second-order valence-electron chi connectivity index (χ2n) is 8.00. The molecule has 176 valence electrons. The van der Waals surface area contributed by atoms with E-state index >= 15 is 0 Å².